The zero-order valence-corrected chi connectivity index (χ0v) is 19.5. The number of furan rings is 1. The Balaban J connectivity index is 1.50. The van der Waals surface area contributed by atoms with E-state index in [0.29, 0.717) is 39.9 Å². The molecule has 0 aliphatic rings. The molecule has 2 aromatic heterocycles. The number of carbonyl (C=O) groups is 2. The Morgan fingerprint density at radius 2 is 1.70 bits per heavy atom. The molecule has 0 spiro atoms. The van der Waals surface area contributed by atoms with Gasteiger partial charge in [-0.3, -0.25) is 9.59 Å². The van der Waals surface area contributed by atoms with Gasteiger partial charge in [-0.05, 0) is 44.0 Å². The maximum absolute atomic E-state index is 12.7. The standard InChI is InChI=1S/C25H24N4O3S/c1-15-9-7-8-12-19(15)13-26-20(30)14-33-25-28-22(21-16(2)17(3)32-24(21)29-25)27-23(31)18-10-5-4-6-11-18/h4-12H,13-14H2,1-3H3,(H,26,30)(H,27,28,29,31). The van der Waals surface area contributed by atoms with Gasteiger partial charge in [0.2, 0.25) is 11.6 Å². The van der Waals surface area contributed by atoms with Gasteiger partial charge in [-0.15, -0.1) is 0 Å². The fourth-order valence-electron chi connectivity index (χ4n) is 3.34. The summed E-state index contributed by atoms with van der Waals surface area (Å²) in [6.45, 7) is 6.21. The molecular formula is C25H24N4O3S. The van der Waals surface area contributed by atoms with Gasteiger partial charge in [0.1, 0.15) is 11.6 Å². The Morgan fingerprint density at radius 3 is 2.45 bits per heavy atom. The molecule has 0 saturated heterocycles. The second-order valence-corrected chi connectivity index (χ2v) is 8.57. The average Bonchev–Trinajstić information content (AvgIpc) is 3.11. The van der Waals surface area contributed by atoms with Crippen LogP contribution in [-0.4, -0.2) is 27.5 Å². The van der Waals surface area contributed by atoms with Crippen molar-refractivity contribution in [3.8, 4) is 0 Å². The molecule has 2 heterocycles. The molecule has 0 aliphatic carbocycles. The molecule has 2 aromatic carbocycles. The highest BCUT2D eigenvalue weighted by Gasteiger charge is 2.19. The van der Waals surface area contributed by atoms with Crippen LogP contribution in [0.5, 0.6) is 0 Å². The molecule has 0 atom stereocenters. The van der Waals surface area contributed by atoms with Crippen LogP contribution < -0.4 is 10.6 Å². The number of aryl methyl sites for hydroxylation is 3. The van der Waals surface area contributed by atoms with Crippen LogP contribution in [0.2, 0.25) is 0 Å². The van der Waals surface area contributed by atoms with Crippen LogP contribution in [-0.2, 0) is 11.3 Å². The first-order chi connectivity index (χ1) is 15.9. The smallest absolute Gasteiger partial charge is 0.256 e. The zero-order chi connectivity index (χ0) is 23.4. The van der Waals surface area contributed by atoms with Gasteiger partial charge in [-0.1, -0.05) is 54.2 Å². The summed E-state index contributed by atoms with van der Waals surface area (Å²) in [6.07, 6.45) is 0. The lowest BCUT2D eigenvalue weighted by molar-refractivity contribution is -0.118. The van der Waals surface area contributed by atoms with Crippen molar-refractivity contribution in [3.05, 3.63) is 82.6 Å². The van der Waals surface area contributed by atoms with E-state index in [4.69, 9.17) is 4.42 Å². The SMILES string of the molecule is Cc1ccccc1CNC(=O)CSc1nc(NC(=O)c2ccccc2)c2c(C)c(C)oc2n1. The summed E-state index contributed by atoms with van der Waals surface area (Å²) in [5.41, 5.74) is 3.96. The van der Waals surface area contributed by atoms with Gasteiger partial charge in [0.05, 0.1) is 11.1 Å². The van der Waals surface area contributed by atoms with Gasteiger partial charge in [-0.25, -0.2) is 4.98 Å². The Kier molecular flexibility index (Phi) is 6.74. The minimum Gasteiger partial charge on any atom is -0.443 e. The fraction of sp³-hybridized carbons (Fsp3) is 0.200. The highest BCUT2D eigenvalue weighted by atomic mass is 32.2. The molecule has 0 fully saturated rings. The Labute approximate surface area is 196 Å². The van der Waals surface area contributed by atoms with Crippen LogP contribution in [0.3, 0.4) is 0 Å². The average molecular weight is 461 g/mol. The van der Waals surface area contributed by atoms with Gasteiger partial charge in [0.25, 0.3) is 5.91 Å². The molecule has 7 nitrogen and oxygen atoms in total. The van der Waals surface area contributed by atoms with Crippen LogP contribution in [0.15, 0.2) is 64.2 Å². The van der Waals surface area contributed by atoms with Crippen molar-refractivity contribution in [2.24, 2.45) is 0 Å². The highest BCUT2D eigenvalue weighted by molar-refractivity contribution is 7.99. The summed E-state index contributed by atoms with van der Waals surface area (Å²) in [5, 5.41) is 6.80. The second-order valence-electron chi connectivity index (χ2n) is 7.63. The normalized spacial score (nSPS) is 10.9. The number of anilines is 1. The molecule has 0 radical (unpaired) electrons. The van der Waals surface area contributed by atoms with Crippen molar-refractivity contribution < 1.29 is 14.0 Å². The van der Waals surface area contributed by atoms with Crippen molar-refractivity contribution in [2.45, 2.75) is 32.5 Å². The lowest BCUT2D eigenvalue weighted by Crippen LogP contribution is -2.25. The zero-order valence-electron chi connectivity index (χ0n) is 18.6. The van der Waals surface area contributed by atoms with Gasteiger partial charge in [-0.2, -0.15) is 4.98 Å². The van der Waals surface area contributed by atoms with E-state index in [1.165, 1.54) is 11.8 Å². The topological polar surface area (TPSA) is 97.1 Å². The van der Waals surface area contributed by atoms with E-state index in [9.17, 15) is 9.59 Å². The summed E-state index contributed by atoms with van der Waals surface area (Å²) in [5.74, 6) is 0.801. The first-order valence-corrected chi connectivity index (χ1v) is 11.5. The monoisotopic (exact) mass is 460 g/mol. The van der Waals surface area contributed by atoms with E-state index in [1.807, 2.05) is 51.1 Å². The van der Waals surface area contributed by atoms with Gasteiger partial charge in [0.15, 0.2) is 5.16 Å². The van der Waals surface area contributed by atoms with E-state index < -0.39 is 0 Å². The minimum absolute atomic E-state index is 0.131. The summed E-state index contributed by atoms with van der Waals surface area (Å²) < 4.78 is 5.78. The molecule has 0 unspecified atom stereocenters. The Hall–Kier alpha value is -3.65. The number of carbonyl (C=O) groups excluding carboxylic acids is 2. The lowest BCUT2D eigenvalue weighted by atomic mass is 10.1. The Bertz CT molecular complexity index is 1320. The minimum atomic E-state index is -0.277. The molecule has 4 aromatic rings. The van der Waals surface area contributed by atoms with E-state index in [-0.39, 0.29) is 17.6 Å². The lowest BCUT2D eigenvalue weighted by Gasteiger charge is -2.09. The molecular weight excluding hydrogens is 436 g/mol. The van der Waals surface area contributed by atoms with Gasteiger partial charge in [0, 0.05) is 17.7 Å². The molecule has 168 valence electrons. The molecule has 8 heteroatoms. The molecule has 2 amide bonds. The van der Waals surface area contributed by atoms with Gasteiger partial charge < -0.3 is 15.1 Å². The van der Waals surface area contributed by atoms with E-state index in [0.717, 1.165) is 16.7 Å². The van der Waals surface area contributed by atoms with Crippen molar-refractivity contribution in [2.75, 3.05) is 11.1 Å². The summed E-state index contributed by atoms with van der Waals surface area (Å²) >= 11 is 1.19. The van der Waals surface area contributed by atoms with Crippen molar-refractivity contribution in [1.29, 1.82) is 0 Å². The number of aromatic nitrogens is 2. The van der Waals surface area contributed by atoms with Crippen molar-refractivity contribution in [1.82, 2.24) is 15.3 Å². The molecule has 33 heavy (non-hydrogen) atoms. The van der Waals surface area contributed by atoms with Gasteiger partial charge >= 0.3 is 0 Å². The maximum atomic E-state index is 12.7. The number of rotatable bonds is 7. The third kappa shape index (κ3) is 5.23. The fourth-order valence-corrected chi connectivity index (χ4v) is 4.00. The van der Waals surface area contributed by atoms with Crippen LogP contribution in [0.25, 0.3) is 11.1 Å². The number of benzene rings is 2. The van der Waals surface area contributed by atoms with E-state index in [1.54, 1.807) is 24.3 Å². The van der Waals surface area contributed by atoms with Crippen molar-refractivity contribution in [3.63, 3.8) is 0 Å². The van der Waals surface area contributed by atoms with Crippen LogP contribution >= 0.6 is 11.8 Å². The number of amides is 2. The molecule has 0 saturated carbocycles. The van der Waals surface area contributed by atoms with E-state index >= 15 is 0 Å². The first kappa shape index (κ1) is 22.5. The quantitative estimate of drug-likeness (QED) is 0.303. The number of thioether (sulfide) groups is 1. The van der Waals surface area contributed by atoms with Crippen LogP contribution in [0, 0.1) is 20.8 Å². The predicted molar refractivity (Wildman–Crippen MR) is 129 cm³/mol. The largest absolute Gasteiger partial charge is 0.443 e. The third-order valence-electron chi connectivity index (χ3n) is 5.35. The van der Waals surface area contributed by atoms with Crippen molar-refractivity contribution >= 4 is 40.5 Å². The number of nitrogens with zero attached hydrogens (tertiary/aromatic N) is 2. The third-order valence-corrected chi connectivity index (χ3v) is 6.19. The maximum Gasteiger partial charge on any atom is 0.256 e. The van der Waals surface area contributed by atoms with E-state index in [2.05, 4.69) is 20.6 Å². The highest BCUT2D eigenvalue weighted by Crippen LogP contribution is 2.31. The number of hydrogen-bond acceptors (Lipinski definition) is 6. The Morgan fingerprint density at radius 1 is 0.970 bits per heavy atom. The second kappa shape index (κ2) is 9.87. The summed E-state index contributed by atoms with van der Waals surface area (Å²) in [7, 11) is 0. The number of fused-ring (bicyclic) bond motifs is 1. The summed E-state index contributed by atoms with van der Waals surface area (Å²) in [4.78, 5) is 34.1. The molecule has 4 rings (SSSR count). The molecule has 0 bridgehead atoms. The molecule has 0 aliphatic heterocycles. The number of nitrogens with one attached hydrogen (secondary N) is 2. The summed E-state index contributed by atoms with van der Waals surface area (Å²) in [6, 6.07) is 16.8. The van der Waals surface area contributed by atoms with Crippen LogP contribution in [0.4, 0.5) is 5.82 Å². The molecule has 2 N–H and O–H groups in total. The predicted octanol–water partition coefficient (Wildman–Crippen LogP) is 4.81. The van der Waals surface area contributed by atoms with Crippen LogP contribution in [0.1, 0.15) is 32.8 Å². The first-order valence-electron chi connectivity index (χ1n) is 10.5. The number of hydrogen-bond donors (Lipinski definition) is 2.